The average molecular weight is 165 g/mol. The summed E-state index contributed by atoms with van der Waals surface area (Å²) in [6.45, 7) is 3.11. The summed E-state index contributed by atoms with van der Waals surface area (Å²) in [6, 6.07) is -0.631. The van der Waals surface area contributed by atoms with E-state index >= 15 is 0 Å². The molecule has 10 heavy (non-hydrogen) atoms. The van der Waals surface area contributed by atoms with Gasteiger partial charge in [-0.15, -0.1) is 0 Å². The van der Waals surface area contributed by atoms with Crippen molar-refractivity contribution in [3.8, 4) is 0 Å². The molecule has 0 saturated heterocycles. The molecule has 0 bridgehead atoms. The molecule has 0 heterocycles. The van der Waals surface area contributed by atoms with E-state index in [2.05, 4.69) is 4.52 Å². The molecular weight excluding hydrogens is 153 g/mol. The van der Waals surface area contributed by atoms with E-state index in [0.717, 1.165) is 0 Å². The number of carbonyl (C=O) groups is 1. The Labute approximate surface area is 60.6 Å². The Hall–Kier alpha value is -0.340. The fourth-order valence-corrected chi connectivity index (χ4v) is 0.819. The lowest BCUT2D eigenvalue weighted by Gasteiger charge is -2.05. The molecule has 2 atom stereocenters. The third-order valence-corrected chi connectivity index (χ3v) is 1.48. The van der Waals surface area contributed by atoms with Crippen molar-refractivity contribution in [1.82, 2.24) is 0 Å². The molecule has 4 nitrogen and oxygen atoms in total. The van der Waals surface area contributed by atoms with Gasteiger partial charge in [0.1, 0.15) is 6.04 Å². The molecule has 1 unspecified atom stereocenters. The van der Waals surface area contributed by atoms with Crippen LogP contribution >= 0.6 is 8.03 Å². The monoisotopic (exact) mass is 165 g/mol. The Morgan fingerprint density at radius 2 is 2.30 bits per heavy atom. The number of hydrogen-bond donors (Lipinski definition) is 1. The summed E-state index contributed by atoms with van der Waals surface area (Å²) in [7, 11) is -2.17. The van der Waals surface area contributed by atoms with Crippen molar-refractivity contribution >= 4 is 14.0 Å². The topological polar surface area (TPSA) is 69.4 Å². The van der Waals surface area contributed by atoms with Crippen molar-refractivity contribution in [1.29, 1.82) is 0 Å². The smallest absolute Gasteiger partial charge is 0.327 e. The lowest BCUT2D eigenvalue weighted by molar-refractivity contribution is -0.135. The van der Waals surface area contributed by atoms with Crippen molar-refractivity contribution in [3.05, 3.63) is 0 Å². The molecule has 0 fully saturated rings. The van der Waals surface area contributed by atoms with Crippen LogP contribution < -0.4 is 5.73 Å². The maximum absolute atomic E-state index is 10.7. The predicted octanol–water partition coefficient (Wildman–Crippen LogP) is 0.371. The minimum absolute atomic E-state index is 0.508. The molecule has 60 valence electrons. The second kappa shape index (κ2) is 4.47. The van der Waals surface area contributed by atoms with Gasteiger partial charge in [0.05, 0.1) is 0 Å². The summed E-state index contributed by atoms with van der Waals surface area (Å²) in [5.41, 5.74) is 5.27. The molecule has 0 rings (SSSR count). The Kier molecular flexibility index (Phi) is 4.32. The van der Waals surface area contributed by atoms with Crippen LogP contribution in [0.5, 0.6) is 0 Å². The molecule has 0 aromatic rings. The summed E-state index contributed by atoms with van der Waals surface area (Å²) >= 11 is 0. The normalized spacial score (nSPS) is 15.9. The van der Waals surface area contributed by atoms with E-state index in [1.54, 1.807) is 6.92 Å². The number of nitrogens with two attached hydrogens (primary N) is 1. The minimum Gasteiger partial charge on any atom is -0.413 e. The van der Waals surface area contributed by atoms with Crippen molar-refractivity contribution in [2.45, 2.75) is 19.4 Å². The minimum atomic E-state index is -2.17. The Morgan fingerprint density at radius 3 is 2.60 bits per heavy atom. The fraction of sp³-hybridized carbons (Fsp3) is 0.800. The van der Waals surface area contributed by atoms with E-state index in [9.17, 15) is 9.36 Å². The van der Waals surface area contributed by atoms with Crippen molar-refractivity contribution in [3.63, 3.8) is 0 Å². The van der Waals surface area contributed by atoms with Crippen molar-refractivity contribution < 1.29 is 13.9 Å². The number of hydrogen-bond acceptors (Lipinski definition) is 4. The predicted molar refractivity (Wildman–Crippen MR) is 39.3 cm³/mol. The van der Waals surface area contributed by atoms with Gasteiger partial charge in [0.2, 0.25) is 8.03 Å². The molecule has 0 amide bonds. The third-order valence-electron chi connectivity index (χ3n) is 0.987. The molecule has 5 heteroatoms. The van der Waals surface area contributed by atoms with E-state index in [4.69, 9.17) is 5.73 Å². The maximum Gasteiger partial charge on any atom is 0.327 e. The maximum atomic E-state index is 10.7. The average Bonchev–Trinajstić information content (AvgIpc) is 1.85. The van der Waals surface area contributed by atoms with Gasteiger partial charge in [-0.25, -0.2) is 0 Å². The van der Waals surface area contributed by atoms with Crippen LogP contribution in [0.4, 0.5) is 0 Å². The first kappa shape index (κ1) is 9.66. The lowest BCUT2D eigenvalue weighted by Crippen LogP contribution is -2.29. The molecule has 0 aliphatic rings. The molecule has 0 aromatic heterocycles. The van der Waals surface area contributed by atoms with Gasteiger partial charge in [-0.2, -0.15) is 0 Å². The number of rotatable bonds is 3. The molecule has 0 radical (unpaired) electrons. The SMILES string of the molecule is CC[C@H](N)C(=O)O[PH](C)=O. The van der Waals surface area contributed by atoms with Gasteiger partial charge in [-0.1, -0.05) is 6.92 Å². The van der Waals surface area contributed by atoms with Crippen LogP contribution in [-0.2, 0) is 13.9 Å². The highest BCUT2D eigenvalue weighted by atomic mass is 31.1. The van der Waals surface area contributed by atoms with Gasteiger partial charge in [0.25, 0.3) is 0 Å². The van der Waals surface area contributed by atoms with Crippen LogP contribution in [0, 0.1) is 0 Å². The first-order valence-corrected chi connectivity index (χ1v) is 4.87. The zero-order chi connectivity index (χ0) is 8.15. The van der Waals surface area contributed by atoms with E-state index in [0.29, 0.717) is 6.42 Å². The summed E-state index contributed by atoms with van der Waals surface area (Å²) in [4.78, 5) is 10.7. The van der Waals surface area contributed by atoms with Crippen LogP contribution in [0.1, 0.15) is 13.3 Å². The van der Waals surface area contributed by atoms with Gasteiger partial charge in [0, 0.05) is 6.66 Å². The molecule has 0 saturated carbocycles. The molecule has 0 aliphatic carbocycles. The van der Waals surface area contributed by atoms with Crippen molar-refractivity contribution in [2.24, 2.45) is 5.73 Å². The summed E-state index contributed by atoms with van der Waals surface area (Å²) in [6.07, 6.45) is 0.508. The Balaban J connectivity index is 3.73. The van der Waals surface area contributed by atoms with E-state index in [-0.39, 0.29) is 0 Å². The van der Waals surface area contributed by atoms with E-state index in [1.807, 2.05) is 0 Å². The van der Waals surface area contributed by atoms with Crippen LogP contribution in [0.3, 0.4) is 0 Å². The summed E-state index contributed by atoms with van der Waals surface area (Å²) in [5.74, 6) is -0.575. The van der Waals surface area contributed by atoms with Gasteiger partial charge in [0.15, 0.2) is 0 Å². The van der Waals surface area contributed by atoms with E-state index < -0.39 is 20.0 Å². The zero-order valence-corrected chi connectivity index (χ0v) is 7.09. The highest BCUT2D eigenvalue weighted by molar-refractivity contribution is 7.38. The third kappa shape index (κ3) is 3.64. The van der Waals surface area contributed by atoms with Gasteiger partial charge in [-0.05, 0) is 6.42 Å². The molecular formula is C5H12NO3P. The van der Waals surface area contributed by atoms with E-state index in [1.165, 1.54) is 6.66 Å². The molecule has 0 spiro atoms. The van der Waals surface area contributed by atoms with Crippen LogP contribution in [0.15, 0.2) is 0 Å². The first-order chi connectivity index (χ1) is 4.57. The summed E-state index contributed by atoms with van der Waals surface area (Å²) in [5, 5.41) is 0. The van der Waals surface area contributed by atoms with Crippen LogP contribution in [-0.4, -0.2) is 18.7 Å². The lowest BCUT2D eigenvalue weighted by atomic mass is 10.2. The van der Waals surface area contributed by atoms with Gasteiger partial charge in [-0.3, -0.25) is 9.36 Å². The molecule has 0 aliphatic heterocycles. The first-order valence-electron chi connectivity index (χ1n) is 3.05. The fourth-order valence-electron chi connectivity index (χ4n) is 0.384. The Morgan fingerprint density at radius 1 is 1.80 bits per heavy atom. The second-order valence-electron chi connectivity index (χ2n) is 1.93. The van der Waals surface area contributed by atoms with Crippen molar-refractivity contribution in [2.75, 3.05) is 6.66 Å². The molecule has 2 N–H and O–H groups in total. The van der Waals surface area contributed by atoms with Crippen LogP contribution in [0.2, 0.25) is 0 Å². The van der Waals surface area contributed by atoms with Crippen LogP contribution in [0.25, 0.3) is 0 Å². The largest absolute Gasteiger partial charge is 0.413 e. The second-order valence-corrected chi connectivity index (χ2v) is 3.11. The highest BCUT2D eigenvalue weighted by Crippen LogP contribution is 2.16. The molecule has 0 aromatic carbocycles. The van der Waals surface area contributed by atoms with Gasteiger partial charge >= 0.3 is 5.97 Å². The highest BCUT2D eigenvalue weighted by Gasteiger charge is 2.12. The quantitative estimate of drug-likeness (QED) is 0.613. The standard InChI is InChI=1S/C5H12NO3P/c1-3-4(6)5(7)9-10(2)8/h4,10H,3,6H2,1-2H3/t4-/m0/s1. The Bertz CT molecular complexity index is 148. The van der Waals surface area contributed by atoms with Gasteiger partial charge < -0.3 is 10.3 Å². The summed E-state index contributed by atoms with van der Waals surface area (Å²) < 4.78 is 14.7. The zero-order valence-electron chi connectivity index (χ0n) is 6.09. The number of carbonyl (C=O) groups excluding carboxylic acids is 1.